The second-order valence-corrected chi connectivity index (χ2v) is 10.7. The number of rotatable bonds is 4. The van der Waals surface area contributed by atoms with Crippen LogP contribution in [0.15, 0.2) is 4.99 Å². The van der Waals surface area contributed by atoms with E-state index in [4.69, 9.17) is 9.73 Å². The third kappa shape index (κ3) is 5.59. The standard InChI is InChI=1S/C19H35N3O3S/c1-15-6-8-22(13-16(15)2)19(21-12-18-5-3-4-9-25-18)20-11-17-7-10-26(23,24)14-17/h15-18H,3-14H2,1-2H3,(H,20,21). The number of nitrogens with one attached hydrogen (secondary N) is 1. The van der Waals surface area contributed by atoms with Gasteiger partial charge in [0.15, 0.2) is 15.8 Å². The predicted molar refractivity (Wildman–Crippen MR) is 105 cm³/mol. The van der Waals surface area contributed by atoms with Crippen molar-refractivity contribution in [2.75, 3.05) is 44.3 Å². The van der Waals surface area contributed by atoms with Crippen LogP contribution in [0.1, 0.15) is 46.0 Å². The summed E-state index contributed by atoms with van der Waals surface area (Å²) in [5.74, 6) is 3.13. The summed E-state index contributed by atoms with van der Waals surface area (Å²) in [6.07, 6.45) is 5.69. The molecular weight excluding hydrogens is 350 g/mol. The highest BCUT2D eigenvalue weighted by atomic mass is 32.2. The molecule has 0 aromatic carbocycles. The summed E-state index contributed by atoms with van der Waals surface area (Å²) in [5, 5.41) is 3.54. The average Bonchev–Trinajstić information content (AvgIpc) is 2.97. The Hall–Kier alpha value is -0.820. The lowest BCUT2D eigenvalue weighted by Gasteiger charge is -2.38. The van der Waals surface area contributed by atoms with E-state index in [9.17, 15) is 8.42 Å². The van der Waals surface area contributed by atoms with Crippen molar-refractivity contribution in [3.05, 3.63) is 0 Å². The summed E-state index contributed by atoms with van der Waals surface area (Å²) in [4.78, 5) is 7.21. The molecule has 1 N–H and O–H groups in total. The molecule has 4 atom stereocenters. The Kier molecular flexibility index (Phi) is 6.83. The van der Waals surface area contributed by atoms with Crippen molar-refractivity contribution in [3.8, 4) is 0 Å². The molecule has 4 unspecified atom stereocenters. The zero-order valence-corrected chi connectivity index (χ0v) is 17.1. The van der Waals surface area contributed by atoms with Gasteiger partial charge < -0.3 is 15.0 Å². The summed E-state index contributed by atoms with van der Waals surface area (Å²) in [5.41, 5.74) is 0. The minimum Gasteiger partial charge on any atom is -0.376 e. The number of guanidine groups is 1. The first-order valence-electron chi connectivity index (χ1n) is 10.3. The van der Waals surface area contributed by atoms with Crippen LogP contribution in [0.5, 0.6) is 0 Å². The molecule has 0 bridgehead atoms. The Labute approximate surface area is 158 Å². The molecule has 3 heterocycles. The van der Waals surface area contributed by atoms with Crippen LogP contribution >= 0.6 is 0 Å². The number of nitrogens with zero attached hydrogens (tertiary/aromatic N) is 2. The summed E-state index contributed by atoms with van der Waals surface area (Å²) >= 11 is 0. The van der Waals surface area contributed by atoms with Gasteiger partial charge in [-0.1, -0.05) is 13.8 Å². The number of hydrogen-bond donors (Lipinski definition) is 1. The summed E-state index contributed by atoms with van der Waals surface area (Å²) in [6, 6.07) is 0. The highest BCUT2D eigenvalue weighted by molar-refractivity contribution is 7.91. The van der Waals surface area contributed by atoms with Gasteiger partial charge >= 0.3 is 0 Å². The number of ether oxygens (including phenoxy) is 1. The lowest BCUT2D eigenvalue weighted by atomic mass is 9.89. The molecule has 0 saturated carbocycles. The van der Waals surface area contributed by atoms with Gasteiger partial charge in [0.2, 0.25) is 0 Å². The van der Waals surface area contributed by atoms with Crippen molar-refractivity contribution in [3.63, 3.8) is 0 Å². The van der Waals surface area contributed by atoms with Crippen LogP contribution in [0.4, 0.5) is 0 Å². The molecule has 0 amide bonds. The molecule has 3 aliphatic heterocycles. The van der Waals surface area contributed by atoms with Gasteiger partial charge in [0, 0.05) is 32.8 Å². The smallest absolute Gasteiger partial charge is 0.194 e. The minimum absolute atomic E-state index is 0.170. The van der Waals surface area contributed by atoms with Gasteiger partial charge in [0.05, 0.1) is 17.6 Å². The van der Waals surface area contributed by atoms with E-state index in [1.807, 2.05) is 0 Å². The average molecular weight is 386 g/mol. The minimum atomic E-state index is -2.84. The van der Waals surface area contributed by atoms with Crippen LogP contribution in [0.2, 0.25) is 0 Å². The lowest BCUT2D eigenvalue weighted by molar-refractivity contribution is 0.0189. The monoisotopic (exact) mass is 385 g/mol. The highest BCUT2D eigenvalue weighted by Gasteiger charge is 2.29. The summed E-state index contributed by atoms with van der Waals surface area (Å²) < 4.78 is 29.3. The second-order valence-electron chi connectivity index (χ2n) is 8.49. The SMILES string of the molecule is CC1CCN(C(=NCC2CCS(=O)(=O)C2)NCC2CCCCO2)CC1C. The van der Waals surface area contributed by atoms with Crippen LogP contribution in [0.25, 0.3) is 0 Å². The first kappa shape index (κ1) is 19.9. The number of aliphatic imine (C=N–C) groups is 1. The van der Waals surface area contributed by atoms with Crippen molar-refractivity contribution < 1.29 is 13.2 Å². The van der Waals surface area contributed by atoms with E-state index < -0.39 is 9.84 Å². The predicted octanol–water partition coefficient (Wildman–Crippen LogP) is 1.91. The number of hydrogen-bond acceptors (Lipinski definition) is 4. The molecule has 0 aromatic heterocycles. The third-order valence-corrected chi connectivity index (χ3v) is 8.06. The largest absolute Gasteiger partial charge is 0.376 e. The van der Waals surface area contributed by atoms with Crippen molar-refractivity contribution in [1.29, 1.82) is 0 Å². The summed E-state index contributed by atoms with van der Waals surface area (Å²) in [7, 11) is -2.84. The second kappa shape index (κ2) is 8.91. The zero-order valence-electron chi connectivity index (χ0n) is 16.3. The van der Waals surface area contributed by atoms with E-state index in [-0.39, 0.29) is 12.0 Å². The lowest BCUT2D eigenvalue weighted by Crippen LogP contribution is -2.50. The van der Waals surface area contributed by atoms with Gasteiger partial charge in [-0.25, -0.2) is 8.42 Å². The Balaban J connectivity index is 1.61. The molecule has 0 spiro atoms. The van der Waals surface area contributed by atoms with Crippen LogP contribution in [0, 0.1) is 17.8 Å². The van der Waals surface area contributed by atoms with Crippen molar-refractivity contribution in [2.24, 2.45) is 22.7 Å². The van der Waals surface area contributed by atoms with Crippen LogP contribution in [0.3, 0.4) is 0 Å². The maximum Gasteiger partial charge on any atom is 0.194 e. The Morgan fingerprint density at radius 3 is 2.69 bits per heavy atom. The topological polar surface area (TPSA) is 71.0 Å². The Morgan fingerprint density at radius 1 is 1.19 bits per heavy atom. The first-order valence-corrected chi connectivity index (χ1v) is 12.1. The van der Waals surface area contributed by atoms with E-state index in [0.717, 1.165) is 57.4 Å². The van der Waals surface area contributed by atoms with Gasteiger partial charge in [-0.2, -0.15) is 0 Å². The van der Waals surface area contributed by atoms with E-state index in [1.54, 1.807) is 0 Å². The molecule has 6 nitrogen and oxygen atoms in total. The maximum absolute atomic E-state index is 11.7. The first-order chi connectivity index (χ1) is 12.4. The summed E-state index contributed by atoms with van der Waals surface area (Å²) in [6.45, 7) is 8.92. The molecule has 3 aliphatic rings. The molecule has 150 valence electrons. The van der Waals surface area contributed by atoms with Crippen LogP contribution in [-0.4, -0.2) is 69.7 Å². The van der Waals surface area contributed by atoms with Crippen molar-refractivity contribution >= 4 is 15.8 Å². The molecule has 0 radical (unpaired) electrons. The molecule has 26 heavy (non-hydrogen) atoms. The van der Waals surface area contributed by atoms with Gasteiger partial charge in [-0.05, 0) is 49.9 Å². The number of likely N-dealkylation sites (tertiary alicyclic amines) is 1. The number of sulfone groups is 1. The third-order valence-electron chi connectivity index (χ3n) is 6.22. The van der Waals surface area contributed by atoms with Gasteiger partial charge in [-0.3, -0.25) is 4.99 Å². The normalized spacial score (nSPS) is 35.5. The highest BCUT2D eigenvalue weighted by Crippen LogP contribution is 2.23. The Morgan fingerprint density at radius 2 is 2.04 bits per heavy atom. The quantitative estimate of drug-likeness (QED) is 0.591. The fourth-order valence-electron chi connectivity index (χ4n) is 4.13. The molecule has 3 fully saturated rings. The molecule has 0 aliphatic carbocycles. The Bertz CT molecular complexity index is 587. The fourth-order valence-corrected chi connectivity index (χ4v) is 5.98. The van der Waals surface area contributed by atoms with Gasteiger partial charge in [0.25, 0.3) is 0 Å². The zero-order chi connectivity index (χ0) is 18.6. The molecule has 3 rings (SSSR count). The van der Waals surface area contributed by atoms with Gasteiger partial charge in [0.1, 0.15) is 0 Å². The van der Waals surface area contributed by atoms with Crippen molar-refractivity contribution in [1.82, 2.24) is 10.2 Å². The van der Waals surface area contributed by atoms with Crippen LogP contribution < -0.4 is 5.32 Å². The number of piperidine rings is 1. The molecule has 7 heteroatoms. The fraction of sp³-hybridized carbons (Fsp3) is 0.947. The maximum atomic E-state index is 11.7. The van der Waals surface area contributed by atoms with E-state index >= 15 is 0 Å². The van der Waals surface area contributed by atoms with Crippen molar-refractivity contribution in [2.45, 2.75) is 52.1 Å². The van der Waals surface area contributed by atoms with E-state index in [2.05, 4.69) is 24.1 Å². The van der Waals surface area contributed by atoms with E-state index in [1.165, 1.54) is 12.8 Å². The molecular formula is C19H35N3O3S. The van der Waals surface area contributed by atoms with E-state index in [0.29, 0.717) is 24.0 Å². The molecule has 0 aromatic rings. The molecule has 3 saturated heterocycles. The van der Waals surface area contributed by atoms with Gasteiger partial charge in [-0.15, -0.1) is 0 Å². The van der Waals surface area contributed by atoms with Crippen LogP contribution in [-0.2, 0) is 14.6 Å².